The van der Waals surface area contributed by atoms with Gasteiger partial charge in [0.15, 0.2) is 11.5 Å². The van der Waals surface area contributed by atoms with Crippen LogP contribution in [-0.4, -0.2) is 45.9 Å². The maximum atomic E-state index is 13.0. The lowest BCUT2D eigenvalue weighted by molar-refractivity contribution is -0.0900. The van der Waals surface area contributed by atoms with Crippen LogP contribution >= 0.6 is 0 Å². The number of carbonyl (C=O) groups is 1. The van der Waals surface area contributed by atoms with Gasteiger partial charge in [-0.25, -0.2) is 4.39 Å². The molecule has 0 saturated carbocycles. The zero-order chi connectivity index (χ0) is 21.8. The van der Waals surface area contributed by atoms with Crippen molar-refractivity contribution < 1.29 is 28.3 Å². The van der Waals surface area contributed by atoms with Gasteiger partial charge in [-0.3, -0.25) is 4.79 Å². The molecule has 1 saturated heterocycles. The fourth-order valence-electron chi connectivity index (χ4n) is 3.50. The van der Waals surface area contributed by atoms with Crippen LogP contribution in [0.15, 0.2) is 65.2 Å². The molecule has 0 radical (unpaired) electrons. The zero-order valence-corrected chi connectivity index (χ0v) is 17.0. The van der Waals surface area contributed by atoms with E-state index < -0.39 is 11.7 Å². The third kappa shape index (κ3) is 5.03. The molecular formula is C23H23FN2O5. The van der Waals surface area contributed by atoms with Crippen LogP contribution in [0.25, 0.3) is 0 Å². The van der Waals surface area contributed by atoms with E-state index in [1.807, 2.05) is 30.3 Å². The molecule has 31 heavy (non-hydrogen) atoms. The predicted octanol–water partition coefficient (Wildman–Crippen LogP) is 3.44. The van der Waals surface area contributed by atoms with Crippen molar-refractivity contribution >= 4 is 5.91 Å². The van der Waals surface area contributed by atoms with Gasteiger partial charge in [-0.2, -0.15) is 0 Å². The fraction of sp³-hybridized carbons (Fsp3) is 0.304. The Labute approximate surface area is 179 Å². The van der Waals surface area contributed by atoms with Gasteiger partial charge in [0.1, 0.15) is 35.6 Å². The van der Waals surface area contributed by atoms with Crippen LogP contribution in [0.5, 0.6) is 11.5 Å². The molecule has 8 heteroatoms. The number of para-hydroxylation sites is 1. The van der Waals surface area contributed by atoms with Crippen LogP contribution < -0.4 is 9.47 Å². The Balaban J connectivity index is 1.35. The van der Waals surface area contributed by atoms with Gasteiger partial charge in [0.05, 0.1) is 6.54 Å². The van der Waals surface area contributed by atoms with E-state index in [1.54, 1.807) is 6.92 Å². The van der Waals surface area contributed by atoms with E-state index in [0.717, 1.165) is 0 Å². The molecule has 1 fully saturated rings. The molecule has 2 atom stereocenters. The maximum absolute atomic E-state index is 13.0. The summed E-state index contributed by atoms with van der Waals surface area (Å²) in [6, 6.07) is 16.4. The van der Waals surface area contributed by atoms with Crippen molar-refractivity contribution in [2.24, 2.45) is 0 Å². The SMILES string of the molecule is C[C@]1(O)CN(C(=O)c2cc(COc3ccc(F)cc3)on2)CC[C@@H]1Oc1ccccc1. The number of β-amino-alcohol motifs (C(OH)–C–C–N with tert-alkyl or cyclic N) is 1. The van der Waals surface area contributed by atoms with Gasteiger partial charge in [-0.15, -0.1) is 0 Å². The second kappa shape index (κ2) is 8.77. The van der Waals surface area contributed by atoms with Crippen molar-refractivity contribution in [3.05, 3.63) is 77.9 Å². The van der Waals surface area contributed by atoms with Crippen molar-refractivity contribution in [2.75, 3.05) is 13.1 Å². The first-order valence-electron chi connectivity index (χ1n) is 9.98. The van der Waals surface area contributed by atoms with E-state index in [2.05, 4.69) is 5.16 Å². The molecule has 0 spiro atoms. The lowest BCUT2D eigenvalue weighted by atomic mass is 9.91. The minimum absolute atomic E-state index is 0.0522. The number of ether oxygens (including phenoxy) is 2. The lowest BCUT2D eigenvalue weighted by Gasteiger charge is -2.42. The summed E-state index contributed by atoms with van der Waals surface area (Å²) in [5, 5.41) is 14.7. The van der Waals surface area contributed by atoms with Gasteiger partial charge in [0, 0.05) is 19.0 Å². The number of hydrogen-bond donors (Lipinski definition) is 1. The Bertz CT molecular complexity index is 1020. The minimum Gasteiger partial charge on any atom is -0.487 e. The van der Waals surface area contributed by atoms with E-state index in [4.69, 9.17) is 14.0 Å². The molecule has 3 aromatic rings. The predicted molar refractivity (Wildman–Crippen MR) is 109 cm³/mol. The molecular weight excluding hydrogens is 403 g/mol. The van der Waals surface area contributed by atoms with Crippen molar-refractivity contribution in [3.63, 3.8) is 0 Å². The highest BCUT2D eigenvalue weighted by Gasteiger charge is 2.41. The third-order valence-electron chi connectivity index (χ3n) is 5.15. The quantitative estimate of drug-likeness (QED) is 0.650. The molecule has 0 bridgehead atoms. The highest BCUT2D eigenvalue weighted by Crippen LogP contribution is 2.27. The molecule has 1 amide bonds. The van der Waals surface area contributed by atoms with Crippen molar-refractivity contribution in [2.45, 2.75) is 31.7 Å². The zero-order valence-electron chi connectivity index (χ0n) is 17.0. The molecule has 2 aromatic carbocycles. The van der Waals surface area contributed by atoms with Crippen LogP contribution in [0.1, 0.15) is 29.6 Å². The monoisotopic (exact) mass is 426 g/mol. The molecule has 7 nitrogen and oxygen atoms in total. The first kappa shape index (κ1) is 20.9. The number of halogens is 1. The van der Waals surface area contributed by atoms with Gasteiger partial charge >= 0.3 is 0 Å². The van der Waals surface area contributed by atoms with E-state index >= 15 is 0 Å². The summed E-state index contributed by atoms with van der Waals surface area (Å²) in [4.78, 5) is 14.4. The average molecular weight is 426 g/mol. The van der Waals surface area contributed by atoms with Crippen LogP contribution in [0.3, 0.4) is 0 Å². The molecule has 1 aliphatic rings. The lowest BCUT2D eigenvalue weighted by Crippen LogP contribution is -2.58. The number of nitrogens with zero attached hydrogens (tertiary/aromatic N) is 2. The van der Waals surface area contributed by atoms with Gasteiger partial charge in [0.2, 0.25) is 0 Å². The molecule has 0 aliphatic carbocycles. The molecule has 1 aliphatic heterocycles. The Hall–Kier alpha value is -3.39. The second-order valence-corrected chi connectivity index (χ2v) is 7.71. The largest absolute Gasteiger partial charge is 0.487 e. The Morgan fingerprint density at radius 1 is 1.23 bits per heavy atom. The van der Waals surface area contributed by atoms with Crippen molar-refractivity contribution in [1.29, 1.82) is 0 Å². The Morgan fingerprint density at radius 3 is 2.68 bits per heavy atom. The number of piperidine rings is 1. The van der Waals surface area contributed by atoms with Gasteiger partial charge in [-0.1, -0.05) is 23.4 Å². The molecule has 1 aromatic heterocycles. The number of rotatable bonds is 6. The van der Waals surface area contributed by atoms with Crippen LogP contribution in [0, 0.1) is 5.82 Å². The molecule has 1 N–H and O–H groups in total. The van der Waals surface area contributed by atoms with Crippen LogP contribution in [0.2, 0.25) is 0 Å². The summed E-state index contributed by atoms with van der Waals surface area (Å²) in [5.41, 5.74) is -1.09. The first-order chi connectivity index (χ1) is 14.9. The van der Waals surface area contributed by atoms with Crippen LogP contribution in [-0.2, 0) is 6.61 Å². The van der Waals surface area contributed by atoms with Gasteiger partial charge < -0.3 is 24.0 Å². The smallest absolute Gasteiger partial charge is 0.276 e. The number of amides is 1. The third-order valence-corrected chi connectivity index (χ3v) is 5.15. The van der Waals surface area contributed by atoms with Crippen molar-refractivity contribution in [3.8, 4) is 11.5 Å². The fourth-order valence-corrected chi connectivity index (χ4v) is 3.50. The molecule has 4 rings (SSSR count). The summed E-state index contributed by atoms with van der Waals surface area (Å²) in [6.45, 7) is 2.24. The summed E-state index contributed by atoms with van der Waals surface area (Å²) in [7, 11) is 0. The van der Waals surface area contributed by atoms with E-state index in [1.165, 1.54) is 35.2 Å². The first-order valence-corrected chi connectivity index (χ1v) is 9.98. The summed E-state index contributed by atoms with van der Waals surface area (Å²) >= 11 is 0. The number of aliphatic hydroxyl groups is 1. The highest BCUT2D eigenvalue weighted by atomic mass is 19.1. The number of likely N-dealkylation sites (tertiary alicyclic amines) is 1. The Kier molecular flexibility index (Phi) is 5.90. The normalized spacial score (nSPS) is 21.0. The van der Waals surface area contributed by atoms with Gasteiger partial charge in [0.25, 0.3) is 5.91 Å². The molecule has 0 unspecified atom stereocenters. The summed E-state index contributed by atoms with van der Waals surface area (Å²) < 4.78 is 29.6. The van der Waals surface area contributed by atoms with E-state index in [0.29, 0.717) is 30.2 Å². The standard InChI is InChI=1S/C23H23FN2O5/c1-23(28)15-26(12-11-21(23)30-18-5-3-2-4-6-18)22(27)20-13-19(31-25-20)14-29-17-9-7-16(24)8-10-17/h2-10,13,21,28H,11-12,14-15H2,1H3/t21-,23-/m0/s1. The Morgan fingerprint density at radius 2 is 1.97 bits per heavy atom. The van der Waals surface area contributed by atoms with Crippen molar-refractivity contribution in [1.82, 2.24) is 10.1 Å². The topological polar surface area (TPSA) is 85.0 Å². The van der Waals surface area contributed by atoms with E-state index in [9.17, 15) is 14.3 Å². The summed E-state index contributed by atoms with van der Waals surface area (Å²) in [6.07, 6.45) is 0.0439. The number of carbonyl (C=O) groups excluding carboxylic acids is 1. The minimum atomic E-state index is -1.22. The average Bonchev–Trinajstić information content (AvgIpc) is 3.24. The number of hydrogen-bond acceptors (Lipinski definition) is 6. The number of benzene rings is 2. The van der Waals surface area contributed by atoms with Crippen LogP contribution in [0.4, 0.5) is 4.39 Å². The summed E-state index contributed by atoms with van der Waals surface area (Å²) in [5.74, 6) is 0.822. The molecule has 162 valence electrons. The van der Waals surface area contributed by atoms with E-state index in [-0.39, 0.29) is 30.6 Å². The molecule has 2 heterocycles. The maximum Gasteiger partial charge on any atom is 0.276 e. The van der Waals surface area contributed by atoms with Gasteiger partial charge in [-0.05, 0) is 43.3 Å². The highest BCUT2D eigenvalue weighted by molar-refractivity contribution is 5.92. The number of aromatic nitrogens is 1. The second-order valence-electron chi connectivity index (χ2n) is 7.71.